The minimum Gasteiger partial charge on any atom is -0.458 e. The number of ether oxygens (including phenoxy) is 1. The van der Waals surface area contributed by atoms with Gasteiger partial charge in [-0.25, -0.2) is 0 Å². The normalized spacial score (nSPS) is 56.6. The van der Waals surface area contributed by atoms with Gasteiger partial charge in [-0.3, -0.25) is 9.69 Å². The van der Waals surface area contributed by atoms with Gasteiger partial charge in [0, 0.05) is 36.4 Å². The van der Waals surface area contributed by atoms with Gasteiger partial charge in [-0.05, 0) is 69.6 Å². The number of esters is 1. The Morgan fingerprint density at radius 3 is 2.96 bits per heavy atom. The zero-order valence-electron chi connectivity index (χ0n) is 15.7. The van der Waals surface area contributed by atoms with Gasteiger partial charge in [0.1, 0.15) is 5.60 Å². The fourth-order valence-corrected chi connectivity index (χ4v) is 8.62. The second kappa shape index (κ2) is 4.71. The Morgan fingerprint density at radius 2 is 2.08 bits per heavy atom. The monoisotopic (exact) mass is 341 g/mol. The Morgan fingerprint density at radius 1 is 1.20 bits per heavy atom. The van der Waals surface area contributed by atoms with E-state index in [1.807, 2.05) is 0 Å². The van der Waals surface area contributed by atoms with Crippen molar-refractivity contribution >= 4 is 5.97 Å². The molecule has 0 bridgehead atoms. The molecule has 1 spiro atoms. The second-order valence-electron chi connectivity index (χ2n) is 10.2. The molecular weight excluding hydrogens is 310 g/mol. The van der Waals surface area contributed by atoms with Crippen LogP contribution in [0.1, 0.15) is 65.2 Å². The minimum absolute atomic E-state index is 0.0670. The molecule has 3 heteroatoms. The molecule has 25 heavy (non-hydrogen) atoms. The van der Waals surface area contributed by atoms with Gasteiger partial charge in [-0.1, -0.05) is 18.6 Å². The van der Waals surface area contributed by atoms with E-state index >= 15 is 0 Å². The number of carbonyl (C=O) groups is 1. The van der Waals surface area contributed by atoms with Crippen molar-refractivity contribution in [1.82, 2.24) is 4.90 Å². The number of nitrogens with zero attached hydrogens (tertiary/aromatic N) is 1. The van der Waals surface area contributed by atoms with Crippen LogP contribution in [-0.4, -0.2) is 35.1 Å². The first-order valence-electron chi connectivity index (χ1n) is 10.7. The van der Waals surface area contributed by atoms with Gasteiger partial charge in [-0.2, -0.15) is 0 Å². The molecule has 0 amide bonds. The van der Waals surface area contributed by atoms with Crippen LogP contribution in [0.5, 0.6) is 0 Å². The number of allylic oxidation sites excluding steroid dienone is 1. The summed E-state index contributed by atoms with van der Waals surface area (Å²) in [5.74, 6) is 3.01. The zero-order valence-corrected chi connectivity index (χ0v) is 15.7. The highest BCUT2D eigenvalue weighted by molar-refractivity contribution is 5.71. The van der Waals surface area contributed by atoms with Crippen LogP contribution in [0.3, 0.4) is 0 Å². The third-order valence-electron chi connectivity index (χ3n) is 9.55. The van der Waals surface area contributed by atoms with E-state index < -0.39 is 0 Å². The van der Waals surface area contributed by atoms with Crippen molar-refractivity contribution in [2.24, 2.45) is 29.1 Å². The molecule has 0 radical (unpaired) electrons. The van der Waals surface area contributed by atoms with Gasteiger partial charge in [0.15, 0.2) is 0 Å². The van der Waals surface area contributed by atoms with E-state index in [4.69, 9.17) is 4.74 Å². The third kappa shape index (κ3) is 1.62. The summed E-state index contributed by atoms with van der Waals surface area (Å²) in [7, 11) is 0. The third-order valence-corrected chi connectivity index (χ3v) is 9.55. The van der Waals surface area contributed by atoms with Crippen LogP contribution in [0.2, 0.25) is 0 Å². The molecule has 6 rings (SSSR count). The van der Waals surface area contributed by atoms with Crippen LogP contribution < -0.4 is 0 Å². The number of hydrogen-bond acceptors (Lipinski definition) is 3. The average molecular weight is 341 g/mol. The van der Waals surface area contributed by atoms with E-state index in [1.54, 1.807) is 5.57 Å². The fraction of sp³-hybridized carbons (Fsp3) is 0.864. The van der Waals surface area contributed by atoms with Gasteiger partial charge in [0.25, 0.3) is 0 Å². The molecule has 3 saturated heterocycles. The summed E-state index contributed by atoms with van der Waals surface area (Å²) < 4.78 is 6.37. The lowest BCUT2D eigenvalue weighted by atomic mass is 9.52. The van der Waals surface area contributed by atoms with Crippen LogP contribution in [0.15, 0.2) is 11.6 Å². The van der Waals surface area contributed by atoms with E-state index in [0.29, 0.717) is 24.4 Å². The Labute approximate surface area is 151 Å². The summed E-state index contributed by atoms with van der Waals surface area (Å²) in [5, 5.41) is 0. The highest BCUT2D eigenvalue weighted by atomic mass is 16.6. The first kappa shape index (κ1) is 15.2. The molecule has 3 aliphatic heterocycles. The SMILES string of the molecule is C[C@H]1CN2[C@H]3[C@@H]1CC[C@]31CCC(=O)O[C@]1(C)[C@@H]1CC[C@H]3CCC=C3[C@@H]12. The fourth-order valence-electron chi connectivity index (χ4n) is 8.62. The smallest absolute Gasteiger partial charge is 0.306 e. The Balaban J connectivity index is 1.54. The summed E-state index contributed by atoms with van der Waals surface area (Å²) in [4.78, 5) is 15.3. The Bertz CT molecular complexity index is 671. The van der Waals surface area contributed by atoms with Crippen LogP contribution in [-0.2, 0) is 9.53 Å². The minimum atomic E-state index is -0.235. The molecule has 0 aromatic heterocycles. The standard InChI is InChI=1S/C22H31NO2/c1-13-12-23-19-16-5-3-4-14(16)6-7-17(19)21(2)22(11-9-18(24)25-21)10-8-15(13)20(22)23/h5,13-15,17,19-20H,3-4,6-12H2,1-2H3/t13-,14+,15+,17+,19-,20-,21+,22-/m0/s1. The lowest BCUT2D eigenvalue weighted by Gasteiger charge is -2.65. The van der Waals surface area contributed by atoms with Crippen LogP contribution >= 0.6 is 0 Å². The second-order valence-corrected chi connectivity index (χ2v) is 10.2. The van der Waals surface area contributed by atoms with Crippen molar-refractivity contribution in [3.63, 3.8) is 0 Å². The predicted molar refractivity (Wildman–Crippen MR) is 95.9 cm³/mol. The molecular formula is C22H31NO2. The Hall–Kier alpha value is -0.830. The van der Waals surface area contributed by atoms with Gasteiger partial charge in [0.2, 0.25) is 0 Å². The first-order valence-corrected chi connectivity index (χ1v) is 10.7. The summed E-state index contributed by atoms with van der Waals surface area (Å²) >= 11 is 0. The van der Waals surface area contributed by atoms with Crippen molar-refractivity contribution < 1.29 is 9.53 Å². The lowest BCUT2D eigenvalue weighted by Crippen LogP contribution is -2.73. The maximum atomic E-state index is 12.4. The summed E-state index contributed by atoms with van der Waals surface area (Å²) in [6.45, 7) is 6.10. The summed E-state index contributed by atoms with van der Waals surface area (Å²) in [6.07, 6.45) is 12.1. The largest absolute Gasteiger partial charge is 0.458 e. The number of piperidine rings is 1. The molecule has 3 aliphatic carbocycles. The molecule has 0 N–H and O–H groups in total. The molecule has 3 nitrogen and oxygen atoms in total. The van der Waals surface area contributed by atoms with Gasteiger partial charge >= 0.3 is 5.97 Å². The number of rotatable bonds is 0. The first-order chi connectivity index (χ1) is 12.1. The number of fused-ring (bicyclic) bond motifs is 5. The van der Waals surface area contributed by atoms with Crippen molar-refractivity contribution in [3.05, 3.63) is 11.6 Å². The summed E-state index contributed by atoms with van der Waals surface area (Å²) in [6, 6.07) is 1.21. The number of hydrogen-bond donors (Lipinski definition) is 0. The maximum Gasteiger partial charge on any atom is 0.306 e. The molecule has 2 saturated carbocycles. The van der Waals surface area contributed by atoms with Crippen molar-refractivity contribution in [2.45, 2.75) is 82.9 Å². The molecule has 8 atom stereocenters. The Kier molecular flexibility index (Phi) is 2.87. The molecule has 0 unspecified atom stereocenters. The molecule has 0 aromatic carbocycles. The molecule has 3 heterocycles. The summed E-state index contributed by atoms with van der Waals surface area (Å²) in [5.41, 5.74) is 1.72. The van der Waals surface area contributed by atoms with Crippen molar-refractivity contribution in [2.75, 3.05) is 6.54 Å². The number of carbonyl (C=O) groups excluding carboxylic acids is 1. The van der Waals surface area contributed by atoms with E-state index in [0.717, 1.165) is 24.2 Å². The van der Waals surface area contributed by atoms with E-state index in [1.165, 1.54) is 45.1 Å². The van der Waals surface area contributed by atoms with E-state index in [9.17, 15) is 4.79 Å². The van der Waals surface area contributed by atoms with Gasteiger partial charge in [0.05, 0.1) is 0 Å². The van der Waals surface area contributed by atoms with Crippen LogP contribution in [0, 0.1) is 29.1 Å². The van der Waals surface area contributed by atoms with E-state index in [2.05, 4.69) is 24.8 Å². The van der Waals surface area contributed by atoms with Crippen molar-refractivity contribution in [1.29, 1.82) is 0 Å². The highest BCUT2D eigenvalue weighted by Gasteiger charge is 2.73. The topological polar surface area (TPSA) is 29.5 Å². The van der Waals surface area contributed by atoms with E-state index in [-0.39, 0.29) is 17.0 Å². The zero-order chi connectivity index (χ0) is 17.0. The lowest BCUT2D eigenvalue weighted by molar-refractivity contribution is -0.242. The highest BCUT2D eigenvalue weighted by Crippen LogP contribution is 2.69. The predicted octanol–water partition coefficient (Wildman–Crippen LogP) is 3.93. The maximum absolute atomic E-state index is 12.4. The quantitative estimate of drug-likeness (QED) is 0.494. The average Bonchev–Trinajstić information content (AvgIpc) is 3.27. The van der Waals surface area contributed by atoms with Crippen LogP contribution in [0.4, 0.5) is 0 Å². The molecule has 136 valence electrons. The molecule has 5 fully saturated rings. The van der Waals surface area contributed by atoms with Crippen LogP contribution in [0.25, 0.3) is 0 Å². The van der Waals surface area contributed by atoms with Crippen molar-refractivity contribution in [3.8, 4) is 0 Å². The molecule has 0 aromatic rings. The van der Waals surface area contributed by atoms with Gasteiger partial charge < -0.3 is 4.74 Å². The molecule has 6 aliphatic rings. The van der Waals surface area contributed by atoms with Gasteiger partial charge in [-0.15, -0.1) is 0 Å².